The second-order valence-corrected chi connectivity index (χ2v) is 5.59. The molecule has 3 rings (SSSR count). The third-order valence-corrected chi connectivity index (χ3v) is 4.34. The molecule has 0 saturated carbocycles. The zero-order valence-electron chi connectivity index (χ0n) is 11.7. The number of thiazole rings is 1. The molecule has 104 valence electrons. The molecule has 0 aliphatic rings. The molecular formula is C15H18N4S. The first-order valence-corrected chi connectivity index (χ1v) is 7.59. The van der Waals surface area contributed by atoms with Crippen molar-refractivity contribution in [2.24, 2.45) is 5.73 Å². The molecular weight excluding hydrogens is 268 g/mol. The molecule has 0 radical (unpaired) electrons. The Balaban J connectivity index is 2.02. The summed E-state index contributed by atoms with van der Waals surface area (Å²) < 4.78 is 2.07. The fourth-order valence-corrected chi connectivity index (χ4v) is 3.09. The van der Waals surface area contributed by atoms with Crippen LogP contribution in [0.25, 0.3) is 4.96 Å². The minimum Gasteiger partial charge on any atom is -0.328 e. The fourth-order valence-electron chi connectivity index (χ4n) is 2.36. The van der Waals surface area contributed by atoms with E-state index >= 15 is 0 Å². The lowest BCUT2D eigenvalue weighted by Gasteiger charge is -2.18. The summed E-state index contributed by atoms with van der Waals surface area (Å²) in [6.45, 7) is 2.64. The van der Waals surface area contributed by atoms with Gasteiger partial charge in [-0.3, -0.25) is 4.40 Å². The summed E-state index contributed by atoms with van der Waals surface area (Å²) in [5.41, 5.74) is 9.41. The summed E-state index contributed by atoms with van der Waals surface area (Å²) in [5, 5.41) is 2.03. The molecule has 0 fully saturated rings. The highest BCUT2D eigenvalue weighted by molar-refractivity contribution is 7.15. The van der Waals surface area contributed by atoms with Crippen LogP contribution in [0.5, 0.6) is 0 Å². The van der Waals surface area contributed by atoms with Crippen molar-refractivity contribution in [3.05, 3.63) is 47.1 Å². The van der Waals surface area contributed by atoms with Crippen molar-refractivity contribution < 1.29 is 0 Å². The largest absolute Gasteiger partial charge is 0.328 e. The molecule has 2 aromatic heterocycles. The predicted molar refractivity (Wildman–Crippen MR) is 84.8 cm³/mol. The van der Waals surface area contributed by atoms with Gasteiger partial charge in [-0.05, 0) is 24.1 Å². The standard InChI is InChI=1S/C15H18N4S/c1-3-11-4-6-12(7-5-11)18(2)14-13(10-16)19-8-9-20-15(19)17-14/h4-9H,3,10,16H2,1-2H3. The van der Waals surface area contributed by atoms with E-state index < -0.39 is 0 Å². The minimum atomic E-state index is 0.477. The smallest absolute Gasteiger partial charge is 0.195 e. The van der Waals surface area contributed by atoms with Crippen LogP contribution in [0.4, 0.5) is 11.5 Å². The number of nitrogens with two attached hydrogens (primary N) is 1. The third kappa shape index (κ3) is 2.09. The van der Waals surface area contributed by atoms with E-state index in [1.807, 2.05) is 18.6 Å². The molecule has 3 aromatic rings. The lowest BCUT2D eigenvalue weighted by atomic mass is 10.1. The summed E-state index contributed by atoms with van der Waals surface area (Å²) in [6.07, 6.45) is 3.07. The van der Waals surface area contributed by atoms with Crippen molar-refractivity contribution in [1.82, 2.24) is 9.38 Å². The number of anilines is 2. The number of hydrogen-bond acceptors (Lipinski definition) is 4. The van der Waals surface area contributed by atoms with E-state index in [0.29, 0.717) is 6.54 Å². The number of imidazole rings is 1. The van der Waals surface area contributed by atoms with Crippen LogP contribution < -0.4 is 10.6 Å². The molecule has 5 heteroatoms. The van der Waals surface area contributed by atoms with E-state index in [-0.39, 0.29) is 0 Å². The number of rotatable bonds is 4. The van der Waals surface area contributed by atoms with Crippen LogP contribution in [-0.4, -0.2) is 16.4 Å². The summed E-state index contributed by atoms with van der Waals surface area (Å²) >= 11 is 1.63. The third-order valence-electron chi connectivity index (χ3n) is 3.58. The van der Waals surface area contributed by atoms with Gasteiger partial charge < -0.3 is 10.6 Å². The van der Waals surface area contributed by atoms with Gasteiger partial charge in [0.15, 0.2) is 10.8 Å². The van der Waals surface area contributed by atoms with Crippen molar-refractivity contribution in [2.75, 3.05) is 11.9 Å². The van der Waals surface area contributed by atoms with Crippen LogP contribution in [0.1, 0.15) is 18.2 Å². The molecule has 20 heavy (non-hydrogen) atoms. The van der Waals surface area contributed by atoms with E-state index in [4.69, 9.17) is 5.73 Å². The maximum absolute atomic E-state index is 5.90. The van der Waals surface area contributed by atoms with E-state index in [2.05, 4.69) is 45.5 Å². The van der Waals surface area contributed by atoms with Gasteiger partial charge in [-0.2, -0.15) is 0 Å². The molecule has 0 unspecified atom stereocenters. The van der Waals surface area contributed by atoms with Gasteiger partial charge in [0.2, 0.25) is 0 Å². The van der Waals surface area contributed by atoms with Crippen LogP contribution in [0.15, 0.2) is 35.8 Å². The first-order valence-electron chi connectivity index (χ1n) is 6.71. The lowest BCUT2D eigenvalue weighted by Crippen LogP contribution is -2.14. The van der Waals surface area contributed by atoms with Crippen LogP contribution in [0.3, 0.4) is 0 Å². The Kier molecular flexibility index (Phi) is 3.46. The molecule has 0 bridgehead atoms. The first-order chi connectivity index (χ1) is 9.74. The normalized spacial score (nSPS) is 11.2. The van der Waals surface area contributed by atoms with Gasteiger partial charge in [-0.25, -0.2) is 4.98 Å². The maximum Gasteiger partial charge on any atom is 0.195 e. The number of nitrogens with zero attached hydrogens (tertiary/aromatic N) is 3. The van der Waals surface area contributed by atoms with Gasteiger partial charge in [-0.1, -0.05) is 19.1 Å². The number of benzene rings is 1. The van der Waals surface area contributed by atoms with Gasteiger partial charge in [0.05, 0.1) is 5.69 Å². The topological polar surface area (TPSA) is 46.6 Å². The molecule has 2 heterocycles. The molecule has 1 aromatic carbocycles. The van der Waals surface area contributed by atoms with Crippen LogP contribution in [0.2, 0.25) is 0 Å². The van der Waals surface area contributed by atoms with Crippen molar-refractivity contribution in [3.8, 4) is 0 Å². The van der Waals surface area contributed by atoms with Crippen molar-refractivity contribution in [1.29, 1.82) is 0 Å². The Morgan fingerprint density at radius 3 is 2.70 bits per heavy atom. The number of aryl methyl sites for hydroxylation is 1. The lowest BCUT2D eigenvalue weighted by molar-refractivity contribution is 0.954. The summed E-state index contributed by atoms with van der Waals surface area (Å²) in [7, 11) is 2.03. The highest BCUT2D eigenvalue weighted by atomic mass is 32.1. The Morgan fingerprint density at radius 2 is 2.05 bits per heavy atom. The van der Waals surface area contributed by atoms with E-state index in [0.717, 1.165) is 28.6 Å². The van der Waals surface area contributed by atoms with Gasteiger partial charge >= 0.3 is 0 Å². The monoisotopic (exact) mass is 286 g/mol. The zero-order valence-corrected chi connectivity index (χ0v) is 12.5. The molecule has 0 amide bonds. The van der Waals surface area contributed by atoms with Gasteiger partial charge in [-0.15, -0.1) is 11.3 Å². The Bertz CT molecular complexity index is 711. The van der Waals surface area contributed by atoms with E-state index in [1.54, 1.807) is 11.3 Å². The average Bonchev–Trinajstić information content (AvgIpc) is 3.06. The molecule has 0 saturated heterocycles. The predicted octanol–water partition coefficient (Wildman–Crippen LogP) is 3.18. The highest BCUT2D eigenvalue weighted by Crippen LogP contribution is 2.29. The second kappa shape index (κ2) is 5.26. The quantitative estimate of drug-likeness (QED) is 0.801. The number of fused-ring (bicyclic) bond motifs is 1. The van der Waals surface area contributed by atoms with Gasteiger partial charge in [0.1, 0.15) is 0 Å². The molecule has 0 atom stereocenters. The first kappa shape index (κ1) is 13.1. The van der Waals surface area contributed by atoms with Crippen molar-refractivity contribution in [3.63, 3.8) is 0 Å². The van der Waals surface area contributed by atoms with E-state index in [9.17, 15) is 0 Å². The van der Waals surface area contributed by atoms with E-state index in [1.165, 1.54) is 5.56 Å². The second-order valence-electron chi connectivity index (χ2n) is 4.72. The summed E-state index contributed by atoms with van der Waals surface area (Å²) in [4.78, 5) is 7.77. The van der Waals surface area contributed by atoms with Crippen LogP contribution >= 0.6 is 11.3 Å². The average molecular weight is 286 g/mol. The Labute approximate surface area is 122 Å². The SMILES string of the molecule is CCc1ccc(N(C)c2nc3sccn3c2CN)cc1. The van der Waals surface area contributed by atoms with Gasteiger partial charge in [0.25, 0.3) is 0 Å². The van der Waals surface area contributed by atoms with Gasteiger partial charge in [0, 0.05) is 30.9 Å². The highest BCUT2D eigenvalue weighted by Gasteiger charge is 2.16. The molecule has 0 aliphatic heterocycles. The van der Waals surface area contributed by atoms with Crippen molar-refractivity contribution in [2.45, 2.75) is 19.9 Å². The molecule has 4 nitrogen and oxygen atoms in total. The van der Waals surface area contributed by atoms with Crippen LogP contribution in [0, 0.1) is 0 Å². The number of aromatic nitrogens is 2. The van der Waals surface area contributed by atoms with Crippen molar-refractivity contribution >= 4 is 27.8 Å². The number of hydrogen-bond donors (Lipinski definition) is 1. The Morgan fingerprint density at radius 1 is 1.30 bits per heavy atom. The maximum atomic E-state index is 5.90. The Hall–Kier alpha value is -1.85. The molecule has 2 N–H and O–H groups in total. The summed E-state index contributed by atoms with van der Waals surface area (Å²) in [6, 6.07) is 8.58. The minimum absolute atomic E-state index is 0.477. The molecule has 0 spiro atoms. The zero-order chi connectivity index (χ0) is 14.1. The molecule has 0 aliphatic carbocycles. The summed E-state index contributed by atoms with van der Waals surface area (Å²) in [5.74, 6) is 0.934. The van der Waals surface area contributed by atoms with Crippen LogP contribution in [-0.2, 0) is 13.0 Å². The fraction of sp³-hybridized carbons (Fsp3) is 0.267.